The number of hydrogen-bond acceptors (Lipinski definition) is 5. The van der Waals surface area contributed by atoms with Gasteiger partial charge in [-0.1, -0.05) is 12.1 Å². The van der Waals surface area contributed by atoms with E-state index in [-0.39, 0.29) is 19.0 Å². The van der Waals surface area contributed by atoms with Gasteiger partial charge in [0.15, 0.2) is 0 Å². The van der Waals surface area contributed by atoms with Crippen LogP contribution in [0.3, 0.4) is 0 Å². The molecule has 0 aliphatic heterocycles. The van der Waals surface area contributed by atoms with Crippen LogP contribution < -0.4 is 4.74 Å². The van der Waals surface area contributed by atoms with Crippen molar-refractivity contribution in [2.75, 3.05) is 6.61 Å². The monoisotopic (exact) mass is 291 g/mol. The minimum atomic E-state index is -0.801. The van der Waals surface area contributed by atoms with E-state index in [9.17, 15) is 15.2 Å². The summed E-state index contributed by atoms with van der Waals surface area (Å²) < 4.78 is 6.91. The third-order valence-electron chi connectivity index (χ3n) is 2.99. The summed E-state index contributed by atoms with van der Waals surface area (Å²) in [7, 11) is 0. The largest absolute Gasteiger partial charge is 0.491 e. The molecule has 1 heterocycles. The Hall–Kier alpha value is -2.41. The zero-order chi connectivity index (χ0) is 15.4. The Morgan fingerprint density at radius 1 is 1.43 bits per heavy atom. The lowest BCUT2D eigenvalue weighted by Crippen LogP contribution is -2.24. The first-order valence-corrected chi connectivity index (χ1v) is 6.51. The summed E-state index contributed by atoms with van der Waals surface area (Å²) in [6.07, 6.45) is 0.656. The smallest absolute Gasteiger partial charge is 0.389 e. The van der Waals surface area contributed by atoms with Gasteiger partial charge in [0.25, 0.3) is 0 Å². The number of aryl methyl sites for hydroxylation is 2. The molecule has 1 atom stereocenters. The Balaban J connectivity index is 1.90. The first-order chi connectivity index (χ1) is 9.95. The lowest BCUT2D eigenvalue weighted by molar-refractivity contribution is -0.389. The van der Waals surface area contributed by atoms with E-state index in [4.69, 9.17) is 4.74 Å². The maximum atomic E-state index is 10.5. The number of hydrogen-bond donors (Lipinski definition) is 1. The molecule has 0 aliphatic carbocycles. The van der Waals surface area contributed by atoms with Crippen molar-refractivity contribution >= 4 is 5.82 Å². The molecule has 21 heavy (non-hydrogen) atoms. The maximum absolute atomic E-state index is 10.5. The quantitative estimate of drug-likeness (QED) is 0.648. The molecule has 0 aliphatic rings. The predicted molar refractivity (Wildman–Crippen MR) is 76.3 cm³/mol. The van der Waals surface area contributed by atoms with Gasteiger partial charge in [-0.2, -0.15) is 4.68 Å². The molecule has 7 heteroatoms. The summed E-state index contributed by atoms with van der Waals surface area (Å²) in [5.74, 6) is 0.484. The lowest BCUT2D eigenvalue weighted by atomic mass is 10.1. The van der Waals surface area contributed by atoms with Gasteiger partial charge in [0, 0.05) is 0 Å². The van der Waals surface area contributed by atoms with Crippen molar-refractivity contribution in [1.82, 2.24) is 9.78 Å². The highest BCUT2D eigenvalue weighted by atomic mass is 16.6. The van der Waals surface area contributed by atoms with Crippen molar-refractivity contribution in [1.29, 1.82) is 0 Å². The first kappa shape index (κ1) is 15.0. The topological polar surface area (TPSA) is 90.4 Å². The first-order valence-electron chi connectivity index (χ1n) is 6.51. The van der Waals surface area contributed by atoms with Crippen molar-refractivity contribution in [3.8, 4) is 5.75 Å². The van der Waals surface area contributed by atoms with Crippen LogP contribution in [0.4, 0.5) is 5.82 Å². The summed E-state index contributed by atoms with van der Waals surface area (Å²) in [4.78, 5) is 9.95. The van der Waals surface area contributed by atoms with Gasteiger partial charge in [-0.3, -0.25) is 0 Å². The summed E-state index contributed by atoms with van der Waals surface area (Å²) in [6, 6.07) is 7.13. The van der Waals surface area contributed by atoms with E-state index in [0.717, 1.165) is 16.9 Å². The van der Waals surface area contributed by atoms with Gasteiger partial charge in [-0.05, 0) is 36.0 Å². The van der Waals surface area contributed by atoms with Crippen LogP contribution in [0.1, 0.15) is 11.1 Å². The van der Waals surface area contributed by atoms with Crippen LogP contribution in [-0.4, -0.2) is 32.5 Å². The molecule has 0 saturated carbocycles. The zero-order valence-corrected chi connectivity index (χ0v) is 11.9. The normalized spacial score (nSPS) is 12.1. The van der Waals surface area contributed by atoms with Crippen molar-refractivity contribution in [3.63, 3.8) is 0 Å². The Labute approximate surface area is 121 Å². The van der Waals surface area contributed by atoms with E-state index in [1.807, 2.05) is 32.0 Å². The third-order valence-corrected chi connectivity index (χ3v) is 2.99. The summed E-state index contributed by atoms with van der Waals surface area (Å²) in [5.41, 5.74) is 2.07. The van der Waals surface area contributed by atoms with Crippen LogP contribution in [0.5, 0.6) is 5.75 Å². The standard InChI is InChI=1S/C14H17N3O4/c1-10-3-4-11(2)13(7-10)21-9-12(18)8-16-6-5-14(15-16)17(19)20/h3-7,12,18H,8-9H2,1-2H3/t12-/m0/s1. The highest BCUT2D eigenvalue weighted by molar-refractivity contribution is 5.35. The van der Waals surface area contributed by atoms with Gasteiger partial charge in [0.2, 0.25) is 0 Å². The van der Waals surface area contributed by atoms with Crippen molar-refractivity contribution in [3.05, 3.63) is 51.7 Å². The molecule has 0 radical (unpaired) electrons. The van der Waals surface area contributed by atoms with Crippen molar-refractivity contribution in [2.24, 2.45) is 0 Å². The molecule has 7 nitrogen and oxygen atoms in total. The molecule has 0 amide bonds. The van der Waals surface area contributed by atoms with E-state index < -0.39 is 11.0 Å². The fraction of sp³-hybridized carbons (Fsp3) is 0.357. The lowest BCUT2D eigenvalue weighted by Gasteiger charge is -2.13. The molecule has 0 spiro atoms. The molecule has 1 aromatic heterocycles. The molecule has 1 aromatic carbocycles. The summed E-state index contributed by atoms with van der Waals surface area (Å²) in [5, 5.41) is 24.2. The molecule has 0 unspecified atom stereocenters. The Morgan fingerprint density at radius 2 is 2.19 bits per heavy atom. The molecular weight excluding hydrogens is 274 g/mol. The Bertz CT molecular complexity index is 639. The van der Waals surface area contributed by atoms with Gasteiger partial charge in [0.05, 0.1) is 23.9 Å². The van der Waals surface area contributed by atoms with E-state index >= 15 is 0 Å². The van der Waals surface area contributed by atoms with Crippen LogP contribution in [0, 0.1) is 24.0 Å². The fourth-order valence-electron chi connectivity index (χ4n) is 1.87. The molecule has 0 saturated heterocycles. The number of ether oxygens (including phenoxy) is 1. The van der Waals surface area contributed by atoms with Crippen LogP contribution >= 0.6 is 0 Å². The average molecular weight is 291 g/mol. The molecule has 112 valence electrons. The molecule has 1 N–H and O–H groups in total. The highest BCUT2D eigenvalue weighted by Crippen LogP contribution is 2.19. The summed E-state index contributed by atoms with van der Waals surface area (Å²) >= 11 is 0. The molecule has 2 aromatic rings. The Morgan fingerprint density at radius 3 is 2.86 bits per heavy atom. The second-order valence-electron chi connectivity index (χ2n) is 4.89. The minimum Gasteiger partial charge on any atom is -0.491 e. The molecule has 2 rings (SSSR count). The van der Waals surface area contributed by atoms with E-state index in [2.05, 4.69) is 5.10 Å². The number of nitrogens with zero attached hydrogens (tertiary/aromatic N) is 3. The number of aliphatic hydroxyl groups excluding tert-OH is 1. The van der Waals surface area contributed by atoms with Crippen LogP contribution in [0.15, 0.2) is 30.5 Å². The van der Waals surface area contributed by atoms with Crippen LogP contribution in [0.2, 0.25) is 0 Å². The predicted octanol–water partition coefficient (Wildman–Crippen LogP) is 1.85. The van der Waals surface area contributed by atoms with Gasteiger partial charge < -0.3 is 20.0 Å². The number of aliphatic hydroxyl groups is 1. The van der Waals surface area contributed by atoms with Gasteiger partial charge in [-0.25, -0.2) is 0 Å². The highest BCUT2D eigenvalue weighted by Gasteiger charge is 2.14. The summed E-state index contributed by atoms with van der Waals surface area (Å²) in [6.45, 7) is 4.13. The number of nitro groups is 1. The van der Waals surface area contributed by atoms with Gasteiger partial charge >= 0.3 is 5.82 Å². The second-order valence-corrected chi connectivity index (χ2v) is 4.89. The maximum Gasteiger partial charge on any atom is 0.389 e. The zero-order valence-electron chi connectivity index (χ0n) is 11.9. The number of rotatable bonds is 6. The Kier molecular flexibility index (Phi) is 4.54. The van der Waals surface area contributed by atoms with Crippen molar-refractivity contribution in [2.45, 2.75) is 26.5 Å². The average Bonchev–Trinajstić information content (AvgIpc) is 2.88. The van der Waals surface area contributed by atoms with E-state index in [1.165, 1.54) is 16.9 Å². The molecular formula is C14H17N3O4. The van der Waals surface area contributed by atoms with Crippen LogP contribution in [0.25, 0.3) is 0 Å². The van der Waals surface area contributed by atoms with Gasteiger partial charge in [-0.15, -0.1) is 0 Å². The SMILES string of the molecule is Cc1ccc(C)c(OC[C@@H](O)Cn2ccc([N+](=O)[O-])n2)c1. The fourth-order valence-corrected chi connectivity index (χ4v) is 1.87. The van der Waals surface area contributed by atoms with E-state index in [1.54, 1.807) is 0 Å². The molecule has 0 fully saturated rings. The van der Waals surface area contributed by atoms with E-state index in [0.29, 0.717) is 0 Å². The second kappa shape index (κ2) is 6.36. The van der Waals surface area contributed by atoms with Crippen LogP contribution in [-0.2, 0) is 6.54 Å². The number of aromatic nitrogens is 2. The molecule has 0 bridgehead atoms. The van der Waals surface area contributed by atoms with Crippen molar-refractivity contribution < 1.29 is 14.8 Å². The third kappa shape index (κ3) is 4.03. The number of benzene rings is 1. The minimum absolute atomic E-state index is 0.0952. The van der Waals surface area contributed by atoms with Gasteiger partial charge in [0.1, 0.15) is 18.5 Å².